The molecule has 0 radical (unpaired) electrons. The standard InChI is InChI=1S/C8H10N2OS/c9-5-1-2-7-6(3-4-12-7)10-8(5)11/h3-5H,1-2,9H2,(H,10,11). The van der Waals surface area contributed by atoms with Crippen LogP contribution in [0.1, 0.15) is 11.3 Å². The Hall–Kier alpha value is -0.870. The number of carbonyl (C=O) groups excluding carboxylic acids is 1. The van der Waals surface area contributed by atoms with Crippen LogP contribution in [0.4, 0.5) is 5.69 Å². The van der Waals surface area contributed by atoms with E-state index in [1.165, 1.54) is 4.88 Å². The minimum atomic E-state index is -0.343. The highest BCUT2D eigenvalue weighted by Crippen LogP contribution is 2.26. The SMILES string of the molecule is NC1CCc2sccc2NC1=O. The maximum Gasteiger partial charge on any atom is 0.241 e. The molecule has 0 fully saturated rings. The minimum Gasteiger partial charge on any atom is -0.324 e. The third-order valence-corrected chi connectivity index (χ3v) is 3.00. The lowest BCUT2D eigenvalue weighted by Crippen LogP contribution is -2.34. The Bertz CT molecular complexity index is 308. The molecule has 1 unspecified atom stereocenters. The van der Waals surface area contributed by atoms with E-state index in [0.717, 1.165) is 18.5 Å². The van der Waals surface area contributed by atoms with Crippen molar-refractivity contribution in [2.75, 3.05) is 5.32 Å². The Morgan fingerprint density at radius 1 is 1.67 bits per heavy atom. The van der Waals surface area contributed by atoms with Crippen LogP contribution in [0.15, 0.2) is 11.4 Å². The molecular formula is C8H10N2OS. The van der Waals surface area contributed by atoms with Crippen LogP contribution in [0.3, 0.4) is 0 Å². The summed E-state index contributed by atoms with van der Waals surface area (Å²) < 4.78 is 0. The number of rotatable bonds is 0. The highest BCUT2D eigenvalue weighted by molar-refractivity contribution is 7.10. The van der Waals surface area contributed by atoms with Crippen molar-refractivity contribution >= 4 is 22.9 Å². The number of aryl methyl sites for hydroxylation is 1. The summed E-state index contributed by atoms with van der Waals surface area (Å²) in [6.07, 6.45) is 1.66. The molecule has 0 saturated heterocycles. The first-order chi connectivity index (χ1) is 5.77. The van der Waals surface area contributed by atoms with E-state index in [-0.39, 0.29) is 11.9 Å². The summed E-state index contributed by atoms with van der Waals surface area (Å²) in [4.78, 5) is 12.5. The van der Waals surface area contributed by atoms with Crippen LogP contribution in [-0.2, 0) is 11.2 Å². The molecule has 2 heterocycles. The average Bonchev–Trinajstić information content (AvgIpc) is 2.43. The molecule has 1 aromatic rings. The van der Waals surface area contributed by atoms with Gasteiger partial charge in [0.05, 0.1) is 11.7 Å². The highest BCUT2D eigenvalue weighted by atomic mass is 32.1. The summed E-state index contributed by atoms with van der Waals surface area (Å²) in [5.74, 6) is -0.0628. The molecule has 1 aromatic heterocycles. The number of hydrogen-bond acceptors (Lipinski definition) is 3. The number of carbonyl (C=O) groups is 1. The third-order valence-electron chi connectivity index (χ3n) is 2.02. The average molecular weight is 182 g/mol. The monoisotopic (exact) mass is 182 g/mol. The highest BCUT2D eigenvalue weighted by Gasteiger charge is 2.20. The molecule has 1 aliphatic heterocycles. The second-order valence-corrected chi connectivity index (χ2v) is 3.89. The van der Waals surface area contributed by atoms with Crippen LogP contribution in [0.5, 0.6) is 0 Å². The van der Waals surface area contributed by atoms with Crippen LogP contribution in [0, 0.1) is 0 Å². The Balaban J connectivity index is 2.30. The normalized spacial score (nSPS) is 22.8. The Kier molecular flexibility index (Phi) is 1.86. The fourth-order valence-corrected chi connectivity index (χ4v) is 2.14. The zero-order chi connectivity index (χ0) is 8.55. The van der Waals surface area contributed by atoms with Crippen LogP contribution < -0.4 is 11.1 Å². The molecule has 3 nitrogen and oxygen atoms in total. The topological polar surface area (TPSA) is 55.1 Å². The van der Waals surface area contributed by atoms with Crippen molar-refractivity contribution in [3.8, 4) is 0 Å². The Morgan fingerprint density at radius 3 is 3.33 bits per heavy atom. The van der Waals surface area contributed by atoms with E-state index in [9.17, 15) is 4.79 Å². The molecule has 64 valence electrons. The van der Waals surface area contributed by atoms with E-state index in [1.54, 1.807) is 11.3 Å². The lowest BCUT2D eigenvalue weighted by molar-refractivity contribution is -0.117. The first-order valence-corrected chi connectivity index (χ1v) is 4.78. The van der Waals surface area contributed by atoms with E-state index in [4.69, 9.17) is 5.73 Å². The van der Waals surface area contributed by atoms with Crippen molar-refractivity contribution < 1.29 is 4.79 Å². The van der Waals surface area contributed by atoms with Crippen molar-refractivity contribution in [3.05, 3.63) is 16.3 Å². The third kappa shape index (κ3) is 1.23. The van der Waals surface area contributed by atoms with Crippen LogP contribution in [0.2, 0.25) is 0 Å². The van der Waals surface area contributed by atoms with Gasteiger partial charge in [0.15, 0.2) is 0 Å². The van der Waals surface area contributed by atoms with E-state index in [2.05, 4.69) is 5.32 Å². The molecule has 2 rings (SSSR count). The summed E-state index contributed by atoms with van der Waals surface area (Å²) >= 11 is 1.67. The van der Waals surface area contributed by atoms with Gasteiger partial charge in [-0.3, -0.25) is 4.79 Å². The van der Waals surface area contributed by atoms with Gasteiger partial charge in [0.2, 0.25) is 5.91 Å². The van der Waals surface area contributed by atoms with Gasteiger partial charge in [-0.1, -0.05) is 0 Å². The Labute approximate surface area is 74.6 Å². The number of anilines is 1. The summed E-state index contributed by atoms with van der Waals surface area (Å²) in [6.45, 7) is 0. The van der Waals surface area contributed by atoms with Crippen molar-refractivity contribution in [2.45, 2.75) is 18.9 Å². The van der Waals surface area contributed by atoms with Gasteiger partial charge in [-0.15, -0.1) is 11.3 Å². The first-order valence-electron chi connectivity index (χ1n) is 3.90. The van der Waals surface area contributed by atoms with Crippen LogP contribution in [0.25, 0.3) is 0 Å². The van der Waals surface area contributed by atoms with Crippen molar-refractivity contribution in [3.63, 3.8) is 0 Å². The second-order valence-electron chi connectivity index (χ2n) is 2.89. The number of thiophene rings is 1. The zero-order valence-electron chi connectivity index (χ0n) is 6.54. The molecule has 3 N–H and O–H groups in total. The number of nitrogens with one attached hydrogen (secondary N) is 1. The fourth-order valence-electron chi connectivity index (χ4n) is 1.29. The smallest absolute Gasteiger partial charge is 0.241 e. The molecular weight excluding hydrogens is 172 g/mol. The molecule has 0 spiro atoms. The molecule has 1 atom stereocenters. The van der Waals surface area contributed by atoms with Crippen LogP contribution in [-0.4, -0.2) is 11.9 Å². The molecule has 1 amide bonds. The van der Waals surface area contributed by atoms with E-state index >= 15 is 0 Å². The van der Waals surface area contributed by atoms with Gasteiger partial charge < -0.3 is 11.1 Å². The van der Waals surface area contributed by atoms with E-state index in [1.807, 2.05) is 11.4 Å². The number of nitrogens with two attached hydrogens (primary N) is 1. The summed E-state index contributed by atoms with van der Waals surface area (Å²) in [6, 6.07) is 1.58. The summed E-state index contributed by atoms with van der Waals surface area (Å²) in [5.41, 5.74) is 6.55. The van der Waals surface area contributed by atoms with Gasteiger partial charge in [-0.25, -0.2) is 0 Å². The molecule has 0 aliphatic carbocycles. The van der Waals surface area contributed by atoms with Gasteiger partial charge in [0.25, 0.3) is 0 Å². The van der Waals surface area contributed by atoms with Gasteiger partial charge in [-0.2, -0.15) is 0 Å². The maximum atomic E-state index is 11.2. The summed E-state index contributed by atoms with van der Waals surface area (Å²) in [5, 5.41) is 4.79. The van der Waals surface area contributed by atoms with Crippen LogP contribution >= 0.6 is 11.3 Å². The van der Waals surface area contributed by atoms with E-state index < -0.39 is 0 Å². The summed E-state index contributed by atoms with van der Waals surface area (Å²) in [7, 11) is 0. The fraction of sp³-hybridized carbons (Fsp3) is 0.375. The number of amides is 1. The quantitative estimate of drug-likeness (QED) is 0.628. The minimum absolute atomic E-state index is 0.0628. The second kappa shape index (κ2) is 2.88. The predicted molar refractivity (Wildman–Crippen MR) is 49.2 cm³/mol. The maximum absolute atomic E-state index is 11.2. The lowest BCUT2D eigenvalue weighted by Gasteiger charge is -2.04. The predicted octanol–water partition coefficient (Wildman–Crippen LogP) is 0.960. The molecule has 0 bridgehead atoms. The molecule has 1 aliphatic rings. The van der Waals surface area contributed by atoms with E-state index in [0.29, 0.717) is 0 Å². The van der Waals surface area contributed by atoms with Crippen molar-refractivity contribution in [1.82, 2.24) is 0 Å². The first kappa shape index (κ1) is 7.76. The van der Waals surface area contributed by atoms with Crippen molar-refractivity contribution in [1.29, 1.82) is 0 Å². The van der Waals surface area contributed by atoms with Gasteiger partial charge in [-0.05, 0) is 24.3 Å². The van der Waals surface area contributed by atoms with Gasteiger partial charge >= 0.3 is 0 Å². The largest absolute Gasteiger partial charge is 0.324 e. The number of hydrogen-bond donors (Lipinski definition) is 2. The lowest BCUT2D eigenvalue weighted by atomic mass is 10.2. The zero-order valence-corrected chi connectivity index (χ0v) is 7.36. The van der Waals surface area contributed by atoms with Crippen molar-refractivity contribution in [2.24, 2.45) is 5.73 Å². The van der Waals surface area contributed by atoms with Gasteiger partial charge in [0.1, 0.15) is 0 Å². The number of fused-ring (bicyclic) bond motifs is 1. The molecule has 0 saturated carbocycles. The Morgan fingerprint density at radius 2 is 2.50 bits per heavy atom. The molecule has 12 heavy (non-hydrogen) atoms. The molecule has 0 aromatic carbocycles. The van der Waals surface area contributed by atoms with Gasteiger partial charge in [0, 0.05) is 4.88 Å². The molecule has 4 heteroatoms.